The summed E-state index contributed by atoms with van der Waals surface area (Å²) in [5.41, 5.74) is 2.35. The standard InChI is InChI=1S/C15H23N3O2/c1-11(2)18(9-14(19)20-3)15-12-7-5-4-6-8-13(12)16-10-17-15/h10-11H,4-9H2,1-3H3. The number of fused-ring (bicyclic) bond motifs is 1. The maximum atomic E-state index is 11.6. The number of nitrogens with zero attached hydrogens (tertiary/aromatic N) is 3. The van der Waals surface area contributed by atoms with Gasteiger partial charge in [0.2, 0.25) is 0 Å². The maximum absolute atomic E-state index is 11.6. The van der Waals surface area contributed by atoms with Crippen molar-refractivity contribution in [2.45, 2.75) is 52.0 Å². The van der Waals surface area contributed by atoms with Crippen molar-refractivity contribution in [1.29, 1.82) is 0 Å². The van der Waals surface area contributed by atoms with Gasteiger partial charge in [0, 0.05) is 17.3 Å². The molecule has 0 atom stereocenters. The van der Waals surface area contributed by atoms with Crippen LogP contribution in [0.15, 0.2) is 6.33 Å². The van der Waals surface area contributed by atoms with Crippen molar-refractivity contribution in [1.82, 2.24) is 9.97 Å². The van der Waals surface area contributed by atoms with Crippen molar-refractivity contribution in [3.8, 4) is 0 Å². The lowest BCUT2D eigenvalue weighted by atomic mass is 10.1. The molecule has 0 spiro atoms. The van der Waals surface area contributed by atoms with Crippen molar-refractivity contribution in [3.63, 3.8) is 0 Å². The molecule has 20 heavy (non-hydrogen) atoms. The summed E-state index contributed by atoms with van der Waals surface area (Å²) in [5, 5.41) is 0. The molecule has 0 bridgehead atoms. The average molecular weight is 277 g/mol. The van der Waals surface area contributed by atoms with E-state index in [1.165, 1.54) is 25.5 Å². The largest absolute Gasteiger partial charge is 0.468 e. The molecule has 1 heterocycles. The first-order chi connectivity index (χ1) is 9.63. The minimum atomic E-state index is -0.236. The molecule has 1 aliphatic carbocycles. The highest BCUT2D eigenvalue weighted by Crippen LogP contribution is 2.27. The van der Waals surface area contributed by atoms with Gasteiger partial charge in [-0.3, -0.25) is 4.79 Å². The number of aryl methyl sites for hydroxylation is 1. The number of ether oxygens (including phenoxy) is 1. The molecule has 0 N–H and O–H groups in total. The number of aromatic nitrogens is 2. The van der Waals surface area contributed by atoms with Crippen LogP contribution in [0.4, 0.5) is 5.82 Å². The molecule has 0 amide bonds. The minimum absolute atomic E-state index is 0.191. The highest BCUT2D eigenvalue weighted by atomic mass is 16.5. The van der Waals surface area contributed by atoms with E-state index >= 15 is 0 Å². The summed E-state index contributed by atoms with van der Waals surface area (Å²) in [6.45, 7) is 4.36. The van der Waals surface area contributed by atoms with Crippen LogP contribution in [-0.4, -0.2) is 35.6 Å². The van der Waals surface area contributed by atoms with Crippen LogP contribution >= 0.6 is 0 Å². The van der Waals surface area contributed by atoms with Crippen molar-refractivity contribution < 1.29 is 9.53 Å². The number of carbonyl (C=O) groups excluding carboxylic acids is 1. The van der Waals surface area contributed by atoms with E-state index in [-0.39, 0.29) is 18.6 Å². The van der Waals surface area contributed by atoms with E-state index < -0.39 is 0 Å². The van der Waals surface area contributed by atoms with Crippen molar-refractivity contribution in [2.24, 2.45) is 0 Å². The molecular weight excluding hydrogens is 254 g/mol. The summed E-state index contributed by atoms with van der Waals surface area (Å²) in [7, 11) is 1.42. The number of anilines is 1. The number of methoxy groups -OCH3 is 1. The van der Waals surface area contributed by atoms with Gasteiger partial charge in [-0.05, 0) is 39.5 Å². The van der Waals surface area contributed by atoms with Gasteiger partial charge in [-0.2, -0.15) is 0 Å². The highest BCUT2D eigenvalue weighted by molar-refractivity contribution is 5.75. The second-order valence-electron chi connectivity index (χ2n) is 5.48. The zero-order chi connectivity index (χ0) is 14.5. The molecular formula is C15H23N3O2. The normalized spacial score (nSPS) is 14.6. The molecule has 0 saturated carbocycles. The summed E-state index contributed by atoms with van der Waals surface area (Å²) < 4.78 is 4.80. The first-order valence-corrected chi connectivity index (χ1v) is 7.29. The van der Waals surface area contributed by atoms with E-state index in [4.69, 9.17) is 4.74 Å². The number of hydrogen-bond donors (Lipinski definition) is 0. The second kappa shape index (κ2) is 6.68. The van der Waals surface area contributed by atoms with Gasteiger partial charge in [0.1, 0.15) is 18.7 Å². The Morgan fingerprint density at radius 2 is 2.05 bits per heavy atom. The van der Waals surface area contributed by atoms with Gasteiger partial charge in [-0.1, -0.05) is 6.42 Å². The van der Waals surface area contributed by atoms with Crippen LogP contribution in [0.2, 0.25) is 0 Å². The SMILES string of the molecule is COC(=O)CN(c1ncnc2c1CCCCC2)C(C)C. The minimum Gasteiger partial charge on any atom is -0.468 e. The van der Waals surface area contributed by atoms with Gasteiger partial charge in [0.05, 0.1) is 7.11 Å². The van der Waals surface area contributed by atoms with Crippen LogP contribution in [0.25, 0.3) is 0 Å². The predicted molar refractivity (Wildman–Crippen MR) is 77.8 cm³/mol. The van der Waals surface area contributed by atoms with Gasteiger partial charge in [0.25, 0.3) is 0 Å². The third-order valence-electron chi connectivity index (χ3n) is 3.77. The Balaban J connectivity index is 2.35. The van der Waals surface area contributed by atoms with E-state index in [1.54, 1.807) is 6.33 Å². The fourth-order valence-corrected chi connectivity index (χ4v) is 2.63. The summed E-state index contributed by atoms with van der Waals surface area (Å²) in [6.07, 6.45) is 7.20. The maximum Gasteiger partial charge on any atom is 0.325 e. The van der Waals surface area contributed by atoms with Gasteiger partial charge < -0.3 is 9.64 Å². The van der Waals surface area contributed by atoms with E-state index in [0.29, 0.717) is 0 Å². The predicted octanol–water partition coefficient (Wildman–Crippen LogP) is 2.13. The van der Waals surface area contributed by atoms with Crippen molar-refractivity contribution in [3.05, 3.63) is 17.6 Å². The third kappa shape index (κ3) is 3.26. The van der Waals surface area contributed by atoms with Gasteiger partial charge in [-0.15, -0.1) is 0 Å². The van der Waals surface area contributed by atoms with Crippen molar-refractivity contribution in [2.75, 3.05) is 18.6 Å². The molecule has 0 unspecified atom stereocenters. The van der Waals surface area contributed by atoms with Crippen LogP contribution < -0.4 is 4.90 Å². The summed E-state index contributed by atoms with van der Waals surface area (Å²) in [5.74, 6) is 0.664. The average Bonchev–Trinajstić information content (AvgIpc) is 2.69. The first-order valence-electron chi connectivity index (χ1n) is 7.29. The lowest BCUT2D eigenvalue weighted by Crippen LogP contribution is -2.37. The third-order valence-corrected chi connectivity index (χ3v) is 3.77. The number of hydrogen-bond acceptors (Lipinski definition) is 5. The molecule has 1 aromatic heterocycles. The quantitative estimate of drug-likeness (QED) is 0.623. The van der Waals surface area contributed by atoms with Gasteiger partial charge in [-0.25, -0.2) is 9.97 Å². The molecule has 110 valence electrons. The number of carbonyl (C=O) groups is 1. The first kappa shape index (κ1) is 14.8. The van der Waals surface area contributed by atoms with E-state index in [0.717, 1.165) is 30.8 Å². The lowest BCUT2D eigenvalue weighted by molar-refractivity contribution is -0.139. The Bertz CT molecular complexity index is 474. The van der Waals surface area contributed by atoms with Crippen LogP contribution in [0.3, 0.4) is 0 Å². The molecule has 1 aromatic rings. The smallest absolute Gasteiger partial charge is 0.325 e. The molecule has 1 aliphatic rings. The molecule has 0 saturated heterocycles. The van der Waals surface area contributed by atoms with Crippen molar-refractivity contribution >= 4 is 11.8 Å². The van der Waals surface area contributed by atoms with Gasteiger partial charge >= 0.3 is 5.97 Å². The monoisotopic (exact) mass is 277 g/mol. The molecule has 5 heteroatoms. The highest BCUT2D eigenvalue weighted by Gasteiger charge is 2.22. The van der Waals surface area contributed by atoms with E-state index in [2.05, 4.69) is 23.8 Å². The Kier molecular flexibility index (Phi) is 4.93. The summed E-state index contributed by atoms with van der Waals surface area (Å²) in [6, 6.07) is 0.191. The summed E-state index contributed by atoms with van der Waals surface area (Å²) >= 11 is 0. The molecule has 2 rings (SSSR count). The molecule has 0 aliphatic heterocycles. The fraction of sp³-hybridized carbons (Fsp3) is 0.667. The second-order valence-corrected chi connectivity index (χ2v) is 5.48. The zero-order valence-electron chi connectivity index (χ0n) is 12.6. The Morgan fingerprint density at radius 1 is 1.30 bits per heavy atom. The number of rotatable bonds is 4. The Morgan fingerprint density at radius 3 is 2.75 bits per heavy atom. The lowest BCUT2D eigenvalue weighted by Gasteiger charge is -2.28. The van der Waals surface area contributed by atoms with Crippen LogP contribution in [0.5, 0.6) is 0 Å². The molecule has 0 aromatic carbocycles. The Labute approximate surface area is 120 Å². The number of esters is 1. The zero-order valence-corrected chi connectivity index (χ0v) is 12.6. The van der Waals surface area contributed by atoms with E-state index in [1.807, 2.05) is 4.90 Å². The molecule has 0 fully saturated rings. The fourth-order valence-electron chi connectivity index (χ4n) is 2.63. The van der Waals surface area contributed by atoms with Crippen LogP contribution in [0.1, 0.15) is 44.4 Å². The molecule has 0 radical (unpaired) electrons. The van der Waals surface area contributed by atoms with Gasteiger partial charge in [0.15, 0.2) is 0 Å². The van der Waals surface area contributed by atoms with Crippen LogP contribution in [0, 0.1) is 0 Å². The molecule has 5 nitrogen and oxygen atoms in total. The Hall–Kier alpha value is -1.65. The van der Waals surface area contributed by atoms with Crippen LogP contribution in [-0.2, 0) is 22.4 Å². The topological polar surface area (TPSA) is 55.3 Å². The summed E-state index contributed by atoms with van der Waals surface area (Å²) in [4.78, 5) is 22.5. The van der Waals surface area contributed by atoms with E-state index in [9.17, 15) is 4.79 Å².